The number of rotatable bonds is 3. The molecule has 82 valence electrons. The molecule has 0 fully saturated rings. The molecule has 1 atom stereocenters. The summed E-state index contributed by atoms with van der Waals surface area (Å²) in [6.07, 6.45) is 3.55. The fraction of sp³-hybridized carbons (Fsp3) is 0.500. The third-order valence-corrected chi connectivity index (χ3v) is 3.10. The Hall–Kier alpha value is -1.06. The summed E-state index contributed by atoms with van der Waals surface area (Å²) in [6, 6.07) is 4.16. The van der Waals surface area contributed by atoms with Crippen LogP contribution in [0.4, 0.5) is 0 Å². The molecule has 3 nitrogen and oxygen atoms in total. The van der Waals surface area contributed by atoms with E-state index in [1.54, 1.807) is 7.11 Å². The lowest BCUT2D eigenvalue weighted by molar-refractivity contribution is 0.405. The van der Waals surface area contributed by atoms with Crippen LogP contribution in [0.15, 0.2) is 12.1 Å². The van der Waals surface area contributed by atoms with Crippen LogP contribution in [0.2, 0.25) is 0 Å². The van der Waals surface area contributed by atoms with Gasteiger partial charge in [0.25, 0.3) is 0 Å². The third-order valence-electron chi connectivity index (χ3n) is 3.10. The van der Waals surface area contributed by atoms with Gasteiger partial charge in [-0.05, 0) is 36.5 Å². The van der Waals surface area contributed by atoms with Crippen LogP contribution >= 0.6 is 0 Å². The van der Waals surface area contributed by atoms with Gasteiger partial charge in [0, 0.05) is 18.2 Å². The first-order valence-electron chi connectivity index (χ1n) is 5.41. The van der Waals surface area contributed by atoms with Gasteiger partial charge in [-0.15, -0.1) is 0 Å². The Labute approximate surface area is 90.4 Å². The second-order valence-electron chi connectivity index (χ2n) is 4.06. The predicted molar refractivity (Wildman–Crippen MR) is 61.0 cm³/mol. The van der Waals surface area contributed by atoms with Crippen LogP contribution in [0.5, 0.6) is 5.75 Å². The number of hydrogen-bond acceptors (Lipinski definition) is 3. The minimum atomic E-state index is -0.120. The predicted octanol–water partition coefficient (Wildman–Crippen LogP) is 1.14. The van der Waals surface area contributed by atoms with Crippen LogP contribution in [-0.4, -0.2) is 13.7 Å². The van der Waals surface area contributed by atoms with Gasteiger partial charge in [-0.1, -0.05) is 6.07 Å². The number of nitrogens with two attached hydrogens (primary N) is 2. The van der Waals surface area contributed by atoms with Crippen molar-refractivity contribution in [1.29, 1.82) is 0 Å². The summed E-state index contributed by atoms with van der Waals surface area (Å²) >= 11 is 0. The van der Waals surface area contributed by atoms with Crippen molar-refractivity contribution in [3.63, 3.8) is 0 Å². The lowest BCUT2D eigenvalue weighted by Gasteiger charge is -2.16. The molecule has 4 N–H and O–H groups in total. The molecule has 1 aromatic carbocycles. The minimum Gasteiger partial charge on any atom is -0.496 e. The molecule has 0 saturated carbocycles. The van der Waals surface area contributed by atoms with E-state index in [4.69, 9.17) is 16.2 Å². The highest BCUT2D eigenvalue weighted by molar-refractivity contribution is 5.46. The lowest BCUT2D eigenvalue weighted by atomic mass is 10.0. The molecule has 0 aromatic heterocycles. The molecule has 3 heteroatoms. The number of ether oxygens (including phenoxy) is 1. The summed E-state index contributed by atoms with van der Waals surface area (Å²) in [5.74, 6) is 0.883. The smallest absolute Gasteiger partial charge is 0.123 e. The maximum Gasteiger partial charge on any atom is 0.123 e. The number of aryl methyl sites for hydroxylation is 2. The maximum absolute atomic E-state index is 5.96. The first kappa shape index (κ1) is 10.5. The molecule has 0 spiro atoms. The topological polar surface area (TPSA) is 61.3 Å². The van der Waals surface area contributed by atoms with Gasteiger partial charge >= 0.3 is 0 Å². The summed E-state index contributed by atoms with van der Waals surface area (Å²) in [7, 11) is 1.68. The highest BCUT2D eigenvalue weighted by Crippen LogP contribution is 2.32. The van der Waals surface area contributed by atoms with Crippen LogP contribution in [0, 0.1) is 0 Å². The van der Waals surface area contributed by atoms with Crippen LogP contribution in [0.1, 0.15) is 29.2 Å². The Kier molecular flexibility index (Phi) is 2.93. The maximum atomic E-state index is 5.96. The number of benzene rings is 1. The highest BCUT2D eigenvalue weighted by Gasteiger charge is 2.17. The van der Waals surface area contributed by atoms with Gasteiger partial charge in [0.05, 0.1) is 7.11 Å². The van der Waals surface area contributed by atoms with Crippen molar-refractivity contribution in [2.75, 3.05) is 13.7 Å². The van der Waals surface area contributed by atoms with Crippen molar-refractivity contribution in [2.24, 2.45) is 11.5 Å². The molecule has 1 unspecified atom stereocenters. The fourth-order valence-corrected chi connectivity index (χ4v) is 2.21. The summed E-state index contributed by atoms with van der Waals surface area (Å²) in [4.78, 5) is 0. The molecular weight excluding hydrogens is 188 g/mol. The van der Waals surface area contributed by atoms with Crippen molar-refractivity contribution in [2.45, 2.75) is 25.3 Å². The molecule has 0 radical (unpaired) electrons. The molecule has 0 bridgehead atoms. The van der Waals surface area contributed by atoms with E-state index in [-0.39, 0.29) is 6.04 Å². The van der Waals surface area contributed by atoms with E-state index in [0.29, 0.717) is 6.54 Å². The molecule has 0 saturated heterocycles. The van der Waals surface area contributed by atoms with Crippen molar-refractivity contribution in [3.05, 3.63) is 28.8 Å². The van der Waals surface area contributed by atoms with E-state index >= 15 is 0 Å². The Morgan fingerprint density at radius 1 is 1.33 bits per heavy atom. The van der Waals surface area contributed by atoms with Crippen LogP contribution in [-0.2, 0) is 12.8 Å². The third kappa shape index (κ3) is 1.85. The number of fused-ring (bicyclic) bond motifs is 1. The van der Waals surface area contributed by atoms with Gasteiger partial charge in [-0.25, -0.2) is 0 Å². The Balaban J connectivity index is 2.44. The Bertz CT molecular complexity index is 363. The zero-order valence-electron chi connectivity index (χ0n) is 9.12. The van der Waals surface area contributed by atoms with Gasteiger partial charge in [-0.3, -0.25) is 0 Å². The highest BCUT2D eigenvalue weighted by atomic mass is 16.5. The molecule has 0 heterocycles. The van der Waals surface area contributed by atoms with Crippen LogP contribution in [0.3, 0.4) is 0 Å². The van der Waals surface area contributed by atoms with E-state index in [1.807, 2.05) is 0 Å². The average Bonchev–Trinajstić information content (AvgIpc) is 2.73. The van der Waals surface area contributed by atoms with Crippen LogP contribution < -0.4 is 16.2 Å². The van der Waals surface area contributed by atoms with Crippen molar-refractivity contribution >= 4 is 0 Å². The molecule has 2 rings (SSSR count). The largest absolute Gasteiger partial charge is 0.496 e. The standard InChI is InChI=1S/C12H18N2O/c1-15-12-6-9-4-2-3-8(9)5-10(12)11(14)7-13/h5-6,11H,2-4,7,13-14H2,1H3. The average molecular weight is 206 g/mol. The summed E-state index contributed by atoms with van der Waals surface area (Å²) in [5.41, 5.74) is 15.4. The SMILES string of the molecule is COc1cc2c(cc1C(N)CN)CCC2. The van der Waals surface area contributed by atoms with E-state index in [2.05, 4.69) is 12.1 Å². The summed E-state index contributed by atoms with van der Waals surface area (Å²) in [5, 5.41) is 0. The summed E-state index contributed by atoms with van der Waals surface area (Å²) < 4.78 is 5.36. The number of hydrogen-bond donors (Lipinski definition) is 2. The second-order valence-corrected chi connectivity index (χ2v) is 4.06. The van der Waals surface area contributed by atoms with Gasteiger partial charge in [0.2, 0.25) is 0 Å². The van der Waals surface area contributed by atoms with E-state index in [9.17, 15) is 0 Å². The van der Waals surface area contributed by atoms with Gasteiger partial charge < -0.3 is 16.2 Å². The quantitative estimate of drug-likeness (QED) is 0.779. The van der Waals surface area contributed by atoms with Crippen molar-refractivity contribution in [3.8, 4) is 5.75 Å². The molecule has 15 heavy (non-hydrogen) atoms. The molecular formula is C12H18N2O. The number of methoxy groups -OCH3 is 1. The monoisotopic (exact) mass is 206 g/mol. The van der Waals surface area contributed by atoms with Crippen molar-refractivity contribution in [1.82, 2.24) is 0 Å². The minimum absolute atomic E-state index is 0.120. The van der Waals surface area contributed by atoms with E-state index < -0.39 is 0 Å². The Morgan fingerprint density at radius 3 is 2.60 bits per heavy atom. The zero-order valence-corrected chi connectivity index (χ0v) is 9.12. The Morgan fingerprint density at radius 2 is 2.00 bits per heavy atom. The van der Waals surface area contributed by atoms with Crippen LogP contribution in [0.25, 0.3) is 0 Å². The van der Waals surface area contributed by atoms with E-state index in [0.717, 1.165) is 24.2 Å². The molecule has 0 aliphatic heterocycles. The normalized spacial score (nSPS) is 16.2. The van der Waals surface area contributed by atoms with Crippen molar-refractivity contribution < 1.29 is 4.74 Å². The second kappa shape index (κ2) is 4.21. The first-order chi connectivity index (χ1) is 7.26. The van der Waals surface area contributed by atoms with Gasteiger partial charge in [0.1, 0.15) is 5.75 Å². The fourth-order valence-electron chi connectivity index (χ4n) is 2.21. The molecule has 0 amide bonds. The summed E-state index contributed by atoms with van der Waals surface area (Å²) in [6.45, 7) is 0.454. The van der Waals surface area contributed by atoms with Gasteiger partial charge in [0.15, 0.2) is 0 Å². The van der Waals surface area contributed by atoms with E-state index in [1.165, 1.54) is 17.5 Å². The van der Waals surface area contributed by atoms with Gasteiger partial charge in [-0.2, -0.15) is 0 Å². The molecule has 1 aliphatic rings. The molecule has 1 aliphatic carbocycles. The zero-order chi connectivity index (χ0) is 10.8. The first-order valence-corrected chi connectivity index (χ1v) is 5.41. The molecule has 1 aromatic rings. The lowest BCUT2D eigenvalue weighted by Crippen LogP contribution is -2.21.